The molecule has 0 radical (unpaired) electrons. The lowest BCUT2D eigenvalue weighted by molar-refractivity contribution is 0.0693. The van der Waals surface area contributed by atoms with Crippen LogP contribution >= 0.6 is 0 Å². The first-order valence-electron chi connectivity index (χ1n) is 4.59. The highest BCUT2D eigenvalue weighted by Crippen LogP contribution is 2.01. The minimum atomic E-state index is -1.26. The van der Waals surface area contributed by atoms with Crippen molar-refractivity contribution in [2.75, 3.05) is 0 Å². The maximum absolute atomic E-state index is 11.8. The van der Waals surface area contributed by atoms with Crippen LogP contribution in [-0.4, -0.2) is 35.5 Å². The van der Waals surface area contributed by atoms with Gasteiger partial charge in [-0.05, 0) is 6.92 Å². The van der Waals surface area contributed by atoms with Gasteiger partial charge in [-0.3, -0.25) is 0 Å². The number of carboxylic acid groups (broad SMARTS) is 1. The predicted octanol–water partition coefficient (Wildman–Crippen LogP) is -0.993. The summed E-state index contributed by atoms with van der Waals surface area (Å²) >= 11 is 0. The molecule has 0 aliphatic rings. The lowest BCUT2D eigenvalue weighted by Gasteiger charge is -1.98. The Kier molecular flexibility index (Phi) is 2.58. The van der Waals surface area contributed by atoms with Gasteiger partial charge in [-0.25, -0.2) is 19.0 Å². The molecule has 8 heteroatoms. The summed E-state index contributed by atoms with van der Waals surface area (Å²) in [5.41, 5.74) is -0.913. The van der Waals surface area contributed by atoms with Gasteiger partial charge in [0.05, 0.1) is 0 Å². The van der Waals surface area contributed by atoms with Gasteiger partial charge in [-0.15, -0.1) is 11.0 Å². The van der Waals surface area contributed by atoms with E-state index in [0.717, 1.165) is 15.4 Å². The number of aromatic nitrogens is 5. The number of carboxylic acids is 1. The maximum atomic E-state index is 11.8. The van der Waals surface area contributed by atoms with E-state index in [0.29, 0.717) is 0 Å². The Morgan fingerprint density at radius 1 is 1.59 bits per heavy atom. The molecule has 0 spiro atoms. The van der Waals surface area contributed by atoms with E-state index in [2.05, 4.69) is 27.1 Å². The standard InChI is InChI=1S/C9H7N5O3/c1-2-3-4-14-9(17)13-5-10-6(8(15)16)7(13)11-12-14/h5H,4H2,1H3,(H,15,16). The molecular formula is C9H7N5O3. The monoisotopic (exact) mass is 233 g/mol. The molecule has 17 heavy (non-hydrogen) atoms. The zero-order valence-electron chi connectivity index (χ0n) is 8.78. The summed E-state index contributed by atoms with van der Waals surface area (Å²) in [5.74, 6) is 4.02. The van der Waals surface area contributed by atoms with Gasteiger partial charge in [-0.2, -0.15) is 4.68 Å². The van der Waals surface area contributed by atoms with Crippen molar-refractivity contribution in [3.05, 3.63) is 22.5 Å². The van der Waals surface area contributed by atoms with Crippen molar-refractivity contribution < 1.29 is 9.90 Å². The molecule has 86 valence electrons. The third-order valence-electron chi connectivity index (χ3n) is 2.02. The van der Waals surface area contributed by atoms with Gasteiger partial charge >= 0.3 is 11.7 Å². The molecular weight excluding hydrogens is 226 g/mol. The zero-order chi connectivity index (χ0) is 12.4. The van der Waals surface area contributed by atoms with Crippen molar-refractivity contribution in [2.24, 2.45) is 0 Å². The van der Waals surface area contributed by atoms with Gasteiger partial charge in [0.15, 0.2) is 11.3 Å². The van der Waals surface area contributed by atoms with Gasteiger partial charge in [0.25, 0.3) is 0 Å². The summed E-state index contributed by atoms with van der Waals surface area (Å²) in [6.45, 7) is 1.73. The molecule has 0 aliphatic heterocycles. The number of nitrogens with zero attached hydrogens (tertiary/aromatic N) is 5. The lowest BCUT2D eigenvalue weighted by Crippen LogP contribution is -2.29. The highest BCUT2D eigenvalue weighted by atomic mass is 16.4. The number of hydrogen-bond acceptors (Lipinski definition) is 5. The summed E-state index contributed by atoms with van der Waals surface area (Å²) < 4.78 is 2.05. The second-order valence-electron chi connectivity index (χ2n) is 3.05. The second kappa shape index (κ2) is 4.05. The number of imidazole rings is 1. The van der Waals surface area contributed by atoms with Crippen LogP contribution in [0.25, 0.3) is 5.65 Å². The highest BCUT2D eigenvalue weighted by molar-refractivity contribution is 5.91. The lowest BCUT2D eigenvalue weighted by atomic mass is 10.5. The van der Waals surface area contributed by atoms with E-state index in [1.54, 1.807) is 6.92 Å². The molecule has 2 rings (SSSR count). The molecule has 0 saturated heterocycles. The Morgan fingerprint density at radius 3 is 3.00 bits per heavy atom. The molecule has 0 fully saturated rings. The van der Waals surface area contributed by atoms with Crippen molar-refractivity contribution in [2.45, 2.75) is 13.5 Å². The van der Waals surface area contributed by atoms with Gasteiger partial charge in [0.1, 0.15) is 12.9 Å². The van der Waals surface area contributed by atoms with E-state index in [4.69, 9.17) is 5.11 Å². The van der Waals surface area contributed by atoms with Gasteiger partial charge < -0.3 is 5.11 Å². The number of hydrogen-bond donors (Lipinski definition) is 1. The molecule has 0 aromatic carbocycles. The Labute approximate surface area is 94.5 Å². The summed E-state index contributed by atoms with van der Waals surface area (Å²) in [7, 11) is 0. The SMILES string of the molecule is CC#CCn1nnc2c(C(=O)O)ncn2c1=O. The van der Waals surface area contributed by atoms with Crippen LogP contribution in [0.3, 0.4) is 0 Å². The zero-order valence-corrected chi connectivity index (χ0v) is 8.78. The van der Waals surface area contributed by atoms with E-state index in [-0.39, 0.29) is 17.9 Å². The average molecular weight is 233 g/mol. The van der Waals surface area contributed by atoms with Crippen LogP contribution in [0.2, 0.25) is 0 Å². The van der Waals surface area contributed by atoms with Crippen LogP contribution in [0.15, 0.2) is 11.1 Å². The van der Waals surface area contributed by atoms with Gasteiger partial charge in [-0.1, -0.05) is 11.1 Å². The molecule has 0 aliphatic carbocycles. The molecule has 1 N–H and O–H groups in total. The first kappa shape index (κ1) is 10.8. The Hall–Kier alpha value is -2.69. The fourth-order valence-electron chi connectivity index (χ4n) is 1.24. The van der Waals surface area contributed by atoms with Crippen LogP contribution < -0.4 is 5.69 Å². The molecule has 0 saturated carbocycles. The van der Waals surface area contributed by atoms with Crippen LogP contribution in [0, 0.1) is 11.8 Å². The molecule has 0 unspecified atom stereocenters. The molecule has 2 heterocycles. The van der Waals surface area contributed by atoms with E-state index in [1.807, 2.05) is 0 Å². The van der Waals surface area contributed by atoms with Crippen LogP contribution in [0.4, 0.5) is 0 Å². The second-order valence-corrected chi connectivity index (χ2v) is 3.05. The van der Waals surface area contributed by atoms with Crippen LogP contribution in [-0.2, 0) is 6.54 Å². The van der Waals surface area contributed by atoms with E-state index < -0.39 is 11.7 Å². The minimum Gasteiger partial charge on any atom is -0.476 e. The fraction of sp³-hybridized carbons (Fsp3) is 0.222. The molecule has 2 aromatic rings. The van der Waals surface area contributed by atoms with E-state index in [1.165, 1.54) is 0 Å². The summed E-state index contributed by atoms with van der Waals surface area (Å²) in [6, 6.07) is 0. The summed E-state index contributed by atoms with van der Waals surface area (Å²) in [5, 5.41) is 16.0. The first-order chi connectivity index (χ1) is 8.15. The highest BCUT2D eigenvalue weighted by Gasteiger charge is 2.16. The number of fused-ring (bicyclic) bond motifs is 1. The molecule has 2 aromatic heterocycles. The summed E-state index contributed by atoms with van der Waals surface area (Å²) in [4.78, 5) is 26.2. The normalized spacial score (nSPS) is 9.94. The van der Waals surface area contributed by atoms with Gasteiger partial charge in [0, 0.05) is 0 Å². The minimum absolute atomic E-state index is 0.0804. The average Bonchev–Trinajstić information content (AvgIpc) is 2.73. The first-order valence-corrected chi connectivity index (χ1v) is 4.59. The van der Waals surface area contributed by atoms with Crippen LogP contribution in [0.1, 0.15) is 17.4 Å². The third-order valence-corrected chi connectivity index (χ3v) is 2.02. The summed E-state index contributed by atoms with van der Waals surface area (Å²) in [6.07, 6.45) is 1.10. The third kappa shape index (κ3) is 1.74. The predicted molar refractivity (Wildman–Crippen MR) is 55.5 cm³/mol. The molecule has 0 amide bonds. The van der Waals surface area contributed by atoms with Crippen molar-refractivity contribution in [3.8, 4) is 11.8 Å². The van der Waals surface area contributed by atoms with Crippen LogP contribution in [0.5, 0.6) is 0 Å². The maximum Gasteiger partial charge on any atom is 0.358 e. The Bertz CT molecular complexity index is 703. The number of aromatic carboxylic acids is 1. The van der Waals surface area contributed by atoms with Crippen molar-refractivity contribution >= 4 is 11.6 Å². The van der Waals surface area contributed by atoms with E-state index in [9.17, 15) is 9.59 Å². The number of carbonyl (C=O) groups is 1. The van der Waals surface area contributed by atoms with Gasteiger partial charge in [0.2, 0.25) is 0 Å². The van der Waals surface area contributed by atoms with Crippen molar-refractivity contribution in [1.82, 2.24) is 24.4 Å². The molecule has 8 nitrogen and oxygen atoms in total. The molecule has 0 atom stereocenters. The fourth-order valence-corrected chi connectivity index (χ4v) is 1.24. The quantitative estimate of drug-likeness (QED) is 0.668. The smallest absolute Gasteiger partial charge is 0.358 e. The van der Waals surface area contributed by atoms with E-state index >= 15 is 0 Å². The Morgan fingerprint density at radius 2 is 2.35 bits per heavy atom. The van der Waals surface area contributed by atoms with Crippen molar-refractivity contribution in [3.63, 3.8) is 0 Å². The topological polar surface area (TPSA) is 102 Å². The Balaban J connectivity index is 2.64. The molecule has 0 bridgehead atoms. The van der Waals surface area contributed by atoms with Crippen molar-refractivity contribution in [1.29, 1.82) is 0 Å². The number of rotatable bonds is 2. The largest absolute Gasteiger partial charge is 0.476 e.